The van der Waals surface area contributed by atoms with Crippen LogP contribution in [0.1, 0.15) is 6.92 Å². The maximum absolute atomic E-state index is 12.6. The number of hydrogen-bond acceptors (Lipinski definition) is 5. The Morgan fingerprint density at radius 3 is 2.25 bits per heavy atom. The van der Waals surface area contributed by atoms with Gasteiger partial charge in [0.25, 0.3) is 15.9 Å². The van der Waals surface area contributed by atoms with Crippen LogP contribution in [0.5, 0.6) is 11.5 Å². The molecule has 0 fully saturated rings. The van der Waals surface area contributed by atoms with Crippen LogP contribution in [0.2, 0.25) is 5.02 Å². The first-order valence-electron chi connectivity index (χ1n) is 9.50. The molecule has 0 aliphatic rings. The number of carbonyl (C=O) groups is 1. The number of amides is 1. The van der Waals surface area contributed by atoms with E-state index < -0.39 is 15.9 Å². The van der Waals surface area contributed by atoms with Crippen molar-refractivity contribution in [2.45, 2.75) is 11.8 Å². The molecular formula is C22H20BrClN2O5S. The summed E-state index contributed by atoms with van der Waals surface area (Å²) in [6.07, 6.45) is 0. The summed E-state index contributed by atoms with van der Waals surface area (Å²) >= 11 is 9.19. The predicted molar refractivity (Wildman–Crippen MR) is 128 cm³/mol. The Kier molecular flexibility index (Phi) is 8.00. The molecule has 3 aromatic carbocycles. The van der Waals surface area contributed by atoms with Crippen molar-refractivity contribution in [3.05, 3.63) is 76.2 Å². The zero-order chi connectivity index (χ0) is 23.1. The quantitative estimate of drug-likeness (QED) is 0.384. The van der Waals surface area contributed by atoms with Gasteiger partial charge >= 0.3 is 0 Å². The van der Waals surface area contributed by atoms with Gasteiger partial charge in [-0.25, -0.2) is 8.42 Å². The molecular weight excluding hydrogens is 520 g/mol. The minimum absolute atomic E-state index is 0.0609. The second-order valence-corrected chi connectivity index (χ2v) is 9.47. The molecule has 0 aromatic heterocycles. The molecule has 0 bridgehead atoms. The van der Waals surface area contributed by atoms with Gasteiger partial charge in [0.15, 0.2) is 6.61 Å². The molecule has 0 radical (unpaired) electrons. The number of nitrogens with one attached hydrogen (secondary N) is 2. The lowest BCUT2D eigenvalue weighted by Crippen LogP contribution is -2.20. The molecule has 0 atom stereocenters. The lowest BCUT2D eigenvalue weighted by atomic mass is 10.3. The molecule has 0 aliphatic carbocycles. The fourth-order valence-electron chi connectivity index (χ4n) is 2.65. The van der Waals surface area contributed by atoms with Crippen molar-refractivity contribution in [1.82, 2.24) is 0 Å². The van der Waals surface area contributed by atoms with Gasteiger partial charge in [-0.2, -0.15) is 0 Å². The fraction of sp³-hybridized carbons (Fsp3) is 0.136. The standard InChI is InChI=1S/C22H20BrClN2O5S/c1-2-30-18-8-4-17(5-9-18)26-32(28,29)19-10-6-16(7-11-19)25-22(27)14-31-21-12-3-15(24)13-20(21)23/h3-13,26H,2,14H2,1H3,(H,25,27). The highest BCUT2D eigenvalue weighted by Gasteiger charge is 2.15. The van der Waals surface area contributed by atoms with Crippen molar-refractivity contribution in [2.24, 2.45) is 0 Å². The maximum Gasteiger partial charge on any atom is 0.262 e. The molecule has 32 heavy (non-hydrogen) atoms. The summed E-state index contributed by atoms with van der Waals surface area (Å²) in [6.45, 7) is 2.17. The van der Waals surface area contributed by atoms with Crippen molar-refractivity contribution < 1.29 is 22.7 Å². The van der Waals surface area contributed by atoms with Crippen molar-refractivity contribution in [2.75, 3.05) is 23.3 Å². The first-order chi connectivity index (χ1) is 15.3. The monoisotopic (exact) mass is 538 g/mol. The summed E-state index contributed by atoms with van der Waals surface area (Å²) in [7, 11) is -3.78. The van der Waals surface area contributed by atoms with Crippen LogP contribution in [0.3, 0.4) is 0 Å². The molecule has 0 heterocycles. The van der Waals surface area contributed by atoms with Crippen LogP contribution in [-0.4, -0.2) is 27.5 Å². The number of anilines is 2. The van der Waals surface area contributed by atoms with Gasteiger partial charge in [0.05, 0.1) is 16.0 Å². The molecule has 0 saturated heterocycles. The lowest BCUT2D eigenvalue weighted by molar-refractivity contribution is -0.118. The number of rotatable bonds is 9. The Morgan fingerprint density at radius 2 is 1.62 bits per heavy atom. The van der Waals surface area contributed by atoms with E-state index >= 15 is 0 Å². The Morgan fingerprint density at radius 1 is 0.969 bits per heavy atom. The van der Waals surface area contributed by atoms with Crippen molar-refractivity contribution in [3.63, 3.8) is 0 Å². The SMILES string of the molecule is CCOc1ccc(NS(=O)(=O)c2ccc(NC(=O)COc3ccc(Cl)cc3Br)cc2)cc1. The molecule has 1 amide bonds. The van der Waals surface area contributed by atoms with Crippen LogP contribution in [0.15, 0.2) is 76.1 Å². The Bertz CT molecular complexity index is 1190. The zero-order valence-electron chi connectivity index (χ0n) is 17.0. The number of ether oxygens (including phenoxy) is 2. The predicted octanol–water partition coefficient (Wildman–Crippen LogP) is 5.32. The second-order valence-electron chi connectivity index (χ2n) is 6.50. The smallest absolute Gasteiger partial charge is 0.262 e. The molecule has 0 spiro atoms. The van der Waals surface area contributed by atoms with Gasteiger partial charge in [-0.1, -0.05) is 11.6 Å². The Labute approximate surface area is 199 Å². The molecule has 7 nitrogen and oxygen atoms in total. The van der Waals surface area contributed by atoms with Gasteiger partial charge in [0.1, 0.15) is 11.5 Å². The van der Waals surface area contributed by atoms with Crippen LogP contribution in [0.4, 0.5) is 11.4 Å². The van der Waals surface area contributed by atoms with E-state index in [0.717, 1.165) is 0 Å². The maximum atomic E-state index is 12.6. The molecule has 3 rings (SSSR count). The van der Waals surface area contributed by atoms with Crippen LogP contribution in [0.25, 0.3) is 0 Å². The first-order valence-corrected chi connectivity index (χ1v) is 12.2. The van der Waals surface area contributed by atoms with Crippen LogP contribution in [-0.2, 0) is 14.8 Å². The number of sulfonamides is 1. The topological polar surface area (TPSA) is 93.7 Å². The molecule has 10 heteroatoms. The third-order valence-electron chi connectivity index (χ3n) is 4.12. The van der Waals surface area contributed by atoms with Gasteiger partial charge in [-0.05, 0) is 89.6 Å². The molecule has 168 valence electrons. The third-order valence-corrected chi connectivity index (χ3v) is 6.37. The molecule has 2 N–H and O–H groups in total. The van der Waals surface area contributed by atoms with Gasteiger partial charge in [-0.15, -0.1) is 0 Å². The van der Waals surface area contributed by atoms with E-state index in [2.05, 4.69) is 26.0 Å². The normalized spacial score (nSPS) is 11.0. The zero-order valence-corrected chi connectivity index (χ0v) is 20.1. The molecule has 0 unspecified atom stereocenters. The van der Waals surface area contributed by atoms with Gasteiger partial charge in [-0.3, -0.25) is 9.52 Å². The van der Waals surface area contributed by atoms with E-state index in [1.54, 1.807) is 42.5 Å². The van der Waals surface area contributed by atoms with Gasteiger partial charge < -0.3 is 14.8 Å². The average molecular weight is 540 g/mol. The molecule has 3 aromatic rings. The van der Waals surface area contributed by atoms with Gasteiger partial charge in [0.2, 0.25) is 0 Å². The van der Waals surface area contributed by atoms with Crippen molar-refractivity contribution in [1.29, 1.82) is 0 Å². The highest BCUT2D eigenvalue weighted by molar-refractivity contribution is 9.10. The number of halogens is 2. The van der Waals surface area contributed by atoms with E-state index in [9.17, 15) is 13.2 Å². The minimum Gasteiger partial charge on any atom is -0.494 e. The average Bonchev–Trinajstić information content (AvgIpc) is 2.75. The molecule has 0 saturated carbocycles. The second kappa shape index (κ2) is 10.7. The number of carbonyl (C=O) groups excluding carboxylic acids is 1. The summed E-state index contributed by atoms with van der Waals surface area (Å²) in [5, 5.41) is 3.20. The van der Waals surface area contributed by atoms with E-state index in [1.807, 2.05) is 6.92 Å². The molecule has 0 aliphatic heterocycles. The van der Waals surface area contributed by atoms with Crippen LogP contribution < -0.4 is 19.5 Å². The van der Waals surface area contributed by atoms with Gasteiger partial charge in [0, 0.05) is 16.4 Å². The largest absolute Gasteiger partial charge is 0.494 e. The number of benzene rings is 3. The first kappa shape index (κ1) is 23.9. The highest BCUT2D eigenvalue weighted by Crippen LogP contribution is 2.28. The Hall–Kier alpha value is -2.75. The van der Waals surface area contributed by atoms with Crippen molar-refractivity contribution >= 4 is 54.8 Å². The van der Waals surface area contributed by atoms with Crippen LogP contribution >= 0.6 is 27.5 Å². The van der Waals surface area contributed by atoms with Crippen molar-refractivity contribution in [3.8, 4) is 11.5 Å². The summed E-state index contributed by atoms with van der Waals surface area (Å²) < 4.78 is 39.1. The van der Waals surface area contributed by atoms with E-state index in [1.165, 1.54) is 24.3 Å². The minimum atomic E-state index is -3.78. The van der Waals surface area contributed by atoms with E-state index in [-0.39, 0.29) is 11.5 Å². The summed E-state index contributed by atoms with van der Waals surface area (Å²) in [6, 6.07) is 17.4. The summed E-state index contributed by atoms with van der Waals surface area (Å²) in [4.78, 5) is 12.2. The van der Waals surface area contributed by atoms with Crippen LogP contribution in [0, 0.1) is 0 Å². The lowest BCUT2D eigenvalue weighted by Gasteiger charge is -2.11. The van der Waals surface area contributed by atoms with E-state index in [4.69, 9.17) is 21.1 Å². The third kappa shape index (κ3) is 6.62. The fourth-order valence-corrected chi connectivity index (χ4v) is 4.51. The highest BCUT2D eigenvalue weighted by atomic mass is 79.9. The summed E-state index contributed by atoms with van der Waals surface area (Å²) in [5.41, 5.74) is 0.852. The number of hydrogen-bond donors (Lipinski definition) is 2. The van der Waals surface area contributed by atoms with E-state index in [0.29, 0.717) is 39.0 Å². The Balaban J connectivity index is 1.57. The summed E-state index contributed by atoms with van der Waals surface area (Å²) in [5.74, 6) is 0.740.